The molecule has 0 N–H and O–H groups in total. The van der Waals surface area contributed by atoms with E-state index in [0.717, 1.165) is 17.9 Å². The molecule has 2 nitrogen and oxygen atoms in total. The van der Waals surface area contributed by atoms with Crippen LogP contribution in [0.2, 0.25) is 0 Å². The molecule has 2 aromatic carbocycles. The van der Waals surface area contributed by atoms with Gasteiger partial charge >= 0.3 is 0 Å². The Labute approximate surface area is 126 Å². The maximum Gasteiger partial charge on any atom is 0.137 e. The van der Waals surface area contributed by atoms with Crippen LogP contribution in [0.5, 0.6) is 11.5 Å². The summed E-state index contributed by atoms with van der Waals surface area (Å²) in [7, 11) is 0. The number of para-hydroxylation sites is 1. The first-order chi connectivity index (χ1) is 10.0. The fourth-order valence-electron chi connectivity index (χ4n) is 2.59. The van der Waals surface area contributed by atoms with Crippen molar-refractivity contribution < 1.29 is 9.47 Å². The number of rotatable bonds is 3. The van der Waals surface area contributed by atoms with Crippen LogP contribution >= 0.6 is 0 Å². The van der Waals surface area contributed by atoms with E-state index in [4.69, 9.17) is 9.47 Å². The van der Waals surface area contributed by atoms with Crippen LogP contribution < -0.4 is 9.47 Å². The fourth-order valence-corrected chi connectivity index (χ4v) is 2.59. The zero-order valence-electron chi connectivity index (χ0n) is 12.9. The third-order valence-corrected chi connectivity index (χ3v) is 3.87. The molecule has 0 radical (unpaired) electrons. The first kappa shape index (κ1) is 14.0. The zero-order chi connectivity index (χ0) is 14.9. The summed E-state index contributed by atoms with van der Waals surface area (Å²) in [6, 6.07) is 16.6. The monoisotopic (exact) mass is 282 g/mol. The van der Waals surface area contributed by atoms with Gasteiger partial charge in [0, 0.05) is 6.42 Å². The lowest BCUT2D eigenvalue weighted by Gasteiger charge is -2.19. The minimum absolute atomic E-state index is 0.115. The molecule has 1 unspecified atom stereocenters. The van der Waals surface area contributed by atoms with Gasteiger partial charge in [0.1, 0.15) is 24.2 Å². The van der Waals surface area contributed by atoms with Crippen molar-refractivity contribution in [2.75, 3.05) is 6.61 Å². The maximum absolute atomic E-state index is 5.88. The summed E-state index contributed by atoms with van der Waals surface area (Å²) in [5.74, 6) is 1.90. The molecule has 0 aromatic heterocycles. The highest BCUT2D eigenvalue weighted by atomic mass is 16.5. The Morgan fingerprint density at radius 1 is 1.05 bits per heavy atom. The topological polar surface area (TPSA) is 18.5 Å². The van der Waals surface area contributed by atoms with E-state index < -0.39 is 0 Å². The fraction of sp³-hybridized carbons (Fsp3) is 0.368. The third kappa shape index (κ3) is 3.21. The maximum atomic E-state index is 5.88. The molecular formula is C19H22O2. The number of hydrogen-bond acceptors (Lipinski definition) is 2. The largest absolute Gasteiger partial charge is 0.490 e. The van der Waals surface area contributed by atoms with Crippen molar-refractivity contribution in [2.45, 2.75) is 38.7 Å². The Hall–Kier alpha value is -1.96. The second-order valence-electron chi connectivity index (χ2n) is 6.64. The van der Waals surface area contributed by atoms with E-state index in [0.29, 0.717) is 6.61 Å². The number of hydrogen-bond donors (Lipinski definition) is 0. The Morgan fingerprint density at radius 2 is 1.76 bits per heavy atom. The zero-order valence-corrected chi connectivity index (χ0v) is 12.9. The summed E-state index contributed by atoms with van der Waals surface area (Å²) in [4.78, 5) is 0. The molecule has 2 aromatic rings. The van der Waals surface area contributed by atoms with Gasteiger partial charge < -0.3 is 9.47 Å². The van der Waals surface area contributed by atoms with Crippen molar-refractivity contribution in [2.24, 2.45) is 0 Å². The molecule has 0 amide bonds. The number of benzene rings is 2. The average molecular weight is 282 g/mol. The SMILES string of the molecule is CC(C)(C)c1ccc(OCC2Cc3ccccc3O2)cc1. The molecule has 0 saturated heterocycles. The van der Waals surface area contributed by atoms with Crippen LogP contribution in [0.15, 0.2) is 48.5 Å². The van der Waals surface area contributed by atoms with E-state index in [-0.39, 0.29) is 11.5 Å². The first-order valence-electron chi connectivity index (χ1n) is 7.50. The summed E-state index contributed by atoms with van der Waals surface area (Å²) in [5, 5.41) is 0. The predicted molar refractivity (Wildman–Crippen MR) is 85.2 cm³/mol. The van der Waals surface area contributed by atoms with E-state index >= 15 is 0 Å². The van der Waals surface area contributed by atoms with Crippen LogP contribution in [-0.4, -0.2) is 12.7 Å². The highest BCUT2D eigenvalue weighted by Gasteiger charge is 2.22. The normalized spacial score (nSPS) is 17.2. The smallest absolute Gasteiger partial charge is 0.137 e. The minimum Gasteiger partial charge on any atom is -0.490 e. The number of fused-ring (bicyclic) bond motifs is 1. The Balaban J connectivity index is 1.57. The standard InChI is InChI=1S/C19H22O2/c1-19(2,3)15-8-10-16(11-9-15)20-13-17-12-14-6-4-5-7-18(14)21-17/h4-11,17H,12-13H2,1-3H3. The van der Waals surface area contributed by atoms with E-state index in [9.17, 15) is 0 Å². The van der Waals surface area contributed by atoms with E-state index in [1.165, 1.54) is 11.1 Å². The van der Waals surface area contributed by atoms with Gasteiger partial charge in [0.15, 0.2) is 0 Å². The average Bonchev–Trinajstić information content (AvgIpc) is 2.87. The van der Waals surface area contributed by atoms with Crippen LogP contribution in [0.4, 0.5) is 0 Å². The quantitative estimate of drug-likeness (QED) is 0.832. The summed E-state index contributed by atoms with van der Waals surface area (Å²) >= 11 is 0. The lowest BCUT2D eigenvalue weighted by atomic mass is 9.87. The molecule has 0 spiro atoms. The van der Waals surface area contributed by atoms with Crippen molar-refractivity contribution in [3.05, 3.63) is 59.7 Å². The lowest BCUT2D eigenvalue weighted by Crippen LogP contribution is -2.22. The molecule has 1 aliphatic heterocycles. The molecule has 110 valence electrons. The van der Waals surface area contributed by atoms with Crippen molar-refractivity contribution in [1.29, 1.82) is 0 Å². The van der Waals surface area contributed by atoms with E-state index in [2.05, 4.69) is 45.0 Å². The highest BCUT2D eigenvalue weighted by Crippen LogP contribution is 2.29. The van der Waals surface area contributed by atoms with Gasteiger partial charge in [0.25, 0.3) is 0 Å². The van der Waals surface area contributed by atoms with Gasteiger partial charge in [-0.2, -0.15) is 0 Å². The van der Waals surface area contributed by atoms with Gasteiger partial charge in [-0.15, -0.1) is 0 Å². The Morgan fingerprint density at radius 3 is 2.43 bits per heavy atom. The van der Waals surface area contributed by atoms with Crippen LogP contribution in [0, 0.1) is 0 Å². The van der Waals surface area contributed by atoms with Crippen LogP contribution in [0.25, 0.3) is 0 Å². The van der Waals surface area contributed by atoms with Gasteiger partial charge in [-0.25, -0.2) is 0 Å². The third-order valence-electron chi connectivity index (χ3n) is 3.87. The van der Waals surface area contributed by atoms with Gasteiger partial charge in [-0.1, -0.05) is 51.1 Å². The molecular weight excluding hydrogens is 260 g/mol. The molecule has 0 aliphatic carbocycles. The van der Waals surface area contributed by atoms with Gasteiger partial charge in [0.05, 0.1) is 0 Å². The molecule has 0 bridgehead atoms. The molecule has 1 aliphatic rings. The number of ether oxygens (including phenoxy) is 2. The summed E-state index contributed by atoms with van der Waals surface area (Å²) in [6.45, 7) is 7.23. The van der Waals surface area contributed by atoms with E-state index in [1.54, 1.807) is 0 Å². The van der Waals surface area contributed by atoms with Gasteiger partial charge in [0.2, 0.25) is 0 Å². The second kappa shape index (κ2) is 5.44. The van der Waals surface area contributed by atoms with Crippen molar-refractivity contribution >= 4 is 0 Å². The van der Waals surface area contributed by atoms with Crippen molar-refractivity contribution in [3.63, 3.8) is 0 Å². The van der Waals surface area contributed by atoms with Gasteiger partial charge in [-0.05, 0) is 34.7 Å². The molecule has 21 heavy (non-hydrogen) atoms. The minimum atomic E-state index is 0.115. The van der Waals surface area contributed by atoms with Gasteiger partial charge in [-0.3, -0.25) is 0 Å². The Bertz CT molecular complexity index is 583. The molecule has 2 heteroatoms. The molecule has 0 fully saturated rings. The highest BCUT2D eigenvalue weighted by molar-refractivity contribution is 5.37. The summed E-state index contributed by atoms with van der Waals surface area (Å²) in [6.07, 6.45) is 1.04. The Kier molecular flexibility index (Phi) is 3.62. The predicted octanol–water partition coefficient (Wildman–Crippen LogP) is 4.37. The van der Waals surface area contributed by atoms with Crippen LogP contribution in [-0.2, 0) is 11.8 Å². The van der Waals surface area contributed by atoms with Crippen molar-refractivity contribution in [1.82, 2.24) is 0 Å². The first-order valence-corrected chi connectivity index (χ1v) is 7.50. The molecule has 1 atom stereocenters. The van der Waals surface area contributed by atoms with Crippen molar-refractivity contribution in [3.8, 4) is 11.5 Å². The van der Waals surface area contributed by atoms with Crippen LogP contribution in [0.3, 0.4) is 0 Å². The van der Waals surface area contributed by atoms with Crippen LogP contribution in [0.1, 0.15) is 31.9 Å². The molecule has 1 heterocycles. The summed E-state index contributed by atoms with van der Waals surface area (Å²) < 4.78 is 11.7. The molecule has 3 rings (SSSR count). The van der Waals surface area contributed by atoms with E-state index in [1.807, 2.05) is 24.3 Å². The summed E-state index contributed by atoms with van der Waals surface area (Å²) in [5.41, 5.74) is 2.77. The second-order valence-corrected chi connectivity index (χ2v) is 6.64. The molecule has 0 saturated carbocycles. The lowest BCUT2D eigenvalue weighted by molar-refractivity contribution is 0.148.